The molecule has 0 aromatic carbocycles. The number of esters is 4. The highest BCUT2D eigenvalue weighted by Crippen LogP contribution is 2.45. The zero-order chi connectivity index (χ0) is 64.0. The minimum Gasteiger partial charge on any atom is -0.462 e. The summed E-state index contributed by atoms with van der Waals surface area (Å²) in [4.78, 5) is 72.1. The number of hydrogen-bond acceptors (Lipinski definition) is 15. The second-order valence-electron chi connectivity index (χ2n) is 24.6. The molecule has 17 nitrogen and oxygen atoms in total. The Morgan fingerprint density at radius 3 is 0.678 bits per heavy atom. The van der Waals surface area contributed by atoms with Crippen LogP contribution >= 0.6 is 15.6 Å². The van der Waals surface area contributed by atoms with Crippen molar-refractivity contribution in [2.45, 2.75) is 373 Å². The summed E-state index contributed by atoms with van der Waals surface area (Å²) < 4.78 is 67.9. The number of phosphoric ester groups is 2. The highest BCUT2D eigenvalue weighted by atomic mass is 31.2. The molecule has 0 aliphatic heterocycles. The fraction of sp³-hybridized carbons (Fsp3) is 0.941. The average molecular weight is 1280 g/mol. The van der Waals surface area contributed by atoms with E-state index in [-0.39, 0.29) is 25.7 Å². The normalized spacial score (nSPS) is 14.1. The maximum Gasteiger partial charge on any atom is 0.472 e. The minimum atomic E-state index is -4.95. The fourth-order valence-electron chi connectivity index (χ4n) is 10.3. The van der Waals surface area contributed by atoms with E-state index in [0.29, 0.717) is 25.7 Å². The third-order valence-electron chi connectivity index (χ3n) is 15.9. The molecule has 0 aromatic rings. The molecule has 0 saturated carbocycles. The first-order valence-electron chi connectivity index (χ1n) is 35.8. The lowest BCUT2D eigenvalue weighted by Crippen LogP contribution is -2.30. The Morgan fingerprint density at radius 2 is 0.460 bits per heavy atom. The Balaban J connectivity index is 5.11. The van der Waals surface area contributed by atoms with Crippen LogP contribution in [0.1, 0.15) is 355 Å². The lowest BCUT2D eigenvalue weighted by atomic mass is 10.0. The molecule has 87 heavy (non-hydrogen) atoms. The number of hydrogen-bond donors (Lipinski definition) is 3. The highest BCUT2D eigenvalue weighted by molar-refractivity contribution is 7.47. The summed E-state index contributed by atoms with van der Waals surface area (Å²) in [5.74, 6) is -2.14. The van der Waals surface area contributed by atoms with E-state index < -0.39 is 97.5 Å². The van der Waals surface area contributed by atoms with Crippen molar-refractivity contribution < 1.29 is 80.2 Å². The lowest BCUT2D eigenvalue weighted by molar-refractivity contribution is -0.161. The summed E-state index contributed by atoms with van der Waals surface area (Å²) in [5, 5.41) is 10.5. The van der Waals surface area contributed by atoms with Gasteiger partial charge in [0.25, 0.3) is 0 Å². The quantitative estimate of drug-likeness (QED) is 0.0222. The van der Waals surface area contributed by atoms with Crippen LogP contribution in [0.5, 0.6) is 0 Å². The second kappa shape index (κ2) is 62.8. The molecular formula is C68H132O17P2. The van der Waals surface area contributed by atoms with Gasteiger partial charge in [0.05, 0.1) is 26.4 Å². The molecule has 0 radical (unpaired) electrons. The van der Waals surface area contributed by atoms with E-state index in [2.05, 4.69) is 27.7 Å². The van der Waals surface area contributed by atoms with E-state index >= 15 is 0 Å². The van der Waals surface area contributed by atoms with Gasteiger partial charge in [-0.2, -0.15) is 0 Å². The van der Waals surface area contributed by atoms with Gasteiger partial charge in [-0.05, 0) is 25.7 Å². The largest absolute Gasteiger partial charge is 0.472 e. The molecule has 0 aliphatic rings. The summed E-state index contributed by atoms with van der Waals surface area (Å²) in [5.41, 5.74) is 0. The third-order valence-corrected chi connectivity index (χ3v) is 17.8. The minimum absolute atomic E-state index is 0.106. The van der Waals surface area contributed by atoms with Gasteiger partial charge in [-0.15, -0.1) is 0 Å². The molecule has 0 rings (SSSR count). The topological polar surface area (TPSA) is 237 Å². The van der Waals surface area contributed by atoms with Gasteiger partial charge >= 0.3 is 39.5 Å². The Labute approximate surface area is 530 Å². The summed E-state index contributed by atoms with van der Waals surface area (Å²) in [7, 11) is -9.88. The van der Waals surface area contributed by atoms with Gasteiger partial charge in [0, 0.05) is 25.7 Å². The Hall–Kier alpha value is -1.94. The van der Waals surface area contributed by atoms with Crippen molar-refractivity contribution in [1.29, 1.82) is 0 Å². The number of ether oxygens (including phenoxy) is 4. The molecule has 5 atom stereocenters. The van der Waals surface area contributed by atoms with Gasteiger partial charge in [-0.1, -0.05) is 304 Å². The maximum absolute atomic E-state index is 13.0. The summed E-state index contributed by atoms with van der Waals surface area (Å²) in [6.45, 7) is 4.83. The molecule has 0 amide bonds. The lowest BCUT2D eigenvalue weighted by Gasteiger charge is -2.21. The number of carbonyl (C=O) groups is 4. The molecule has 19 heteroatoms. The zero-order valence-corrected chi connectivity index (χ0v) is 57.8. The van der Waals surface area contributed by atoms with Gasteiger partial charge in [0.15, 0.2) is 12.2 Å². The second-order valence-corrected chi connectivity index (χ2v) is 27.5. The van der Waals surface area contributed by atoms with Crippen LogP contribution in [0, 0.1) is 0 Å². The molecule has 0 spiro atoms. The van der Waals surface area contributed by atoms with E-state index in [1.165, 1.54) is 180 Å². The first-order chi connectivity index (χ1) is 42.2. The summed E-state index contributed by atoms with van der Waals surface area (Å²) in [6, 6.07) is 0. The van der Waals surface area contributed by atoms with Gasteiger partial charge < -0.3 is 33.8 Å². The Kier molecular flexibility index (Phi) is 61.4. The molecule has 0 fully saturated rings. The van der Waals surface area contributed by atoms with Crippen molar-refractivity contribution >= 4 is 39.5 Å². The number of carbonyl (C=O) groups excluding carboxylic acids is 4. The zero-order valence-electron chi connectivity index (χ0n) is 56.0. The van der Waals surface area contributed by atoms with Crippen molar-refractivity contribution in [3.05, 3.63) is 0 Å². The van der Waals surface area contributed by atoms with Gasteiger partial charge in [-0.3, -0.25) is 37.3 Å². The van der Waals surface area contributed by atoms with Crippen LogP contribution in [-0.2, 0) is 65.4 Å². The van der Waals surface area contributed by atoms with Crippen LogP contribution in [0.25, 0.3) is 0 Å². The molecule has 0 saturated heterocycles. The highest BCUT2D eigenvalue weighted by Gasteiger charge is 2.30. The molecule has 0 aliphatic carbocycles. The van der Waals surface area contributed by atoms with Crippen LogP contribution < -0.4 is 0 Å². The molecule has 0 heterocycles. The molecule has 2 unspecified atom stereocenters. The number of aliphatic hydroxyl groups is 1. The molecule has 0 bridgehead atoms. The van der Waals surface area contributed by atoms with Crippen molar-refractivity contribution in [3.8, 4) is 0 Å². The number of unbranched alkanes of at least 4 members (excludes halogenated alkanes) is 43. The Bertz CT molecular complexity index is 1670. The molecular weight excluding hydrogens is 1150 g/mol. The van der Waals surface area contributed by atoms with Gasteiger partial charge in [0.2, 0.25) is 0 Å². The SMILES string of the molecule is CCCCCCCCCCCCCCCCCCCCCCC(=O)O[C@H](COC(=O)CCCCCCCCCCCCCC)COP(=O)(O)OC[C@@H](O)COP(=O)(O)OC[C@@H](COC(=O)CCCCCCC)OC(=O)CCCCCCCCCCCC. The molecule has 516 valence electrons. The smallest absolute Gasteiger partial charge is 0.462 e. The molecule has 3 N–H and O–H groups in total. The van der Waals surface area contributed by atoms with Crippen molar-refractivity contribution in [2.75, 3.05) is 39.6 Å². The number of rotatable bonds is 69. The monoisotopic (exact) mass is 1280 g/mol. The standard InChI is InChI=1S/C68H132O17P2/c1-5-9-13-17-20-23-26-28-29-30-31-32-33-34-35-37-40-43-47-51-55-68(73)85-64(59-79-66(71)53-49-45-41-39-36-27-24-21-18-14-10-6-2)61-83-87(76,77)81-57-62(69)56-80-86(74,75)82-60-63(58-78-65(70)52-48-44-16-12-8-4)84-67(72)54-50-46-42-38-25-22-19-15-11-7-3/h62-64,69H,5-61H2,1-4H3,(H,74,75)(H,76,77)/t62-,63+,64+/m0/s1. The first-order valence-corrected chi connectivity index (χ1v) is 38.8. The average Bonchev–Trinajstić information content (AvgIpc) is 3.53. The maximum atomic E-state index is 13.0. The van der Waals surface area contributed by atoms with E-state index in [1.807, 2.05) is 0 Å². The van der Waals surface area contributed by atoms with E-state index in [0.717, 1.165) is 96.3 Å². The third kappa shape index (κ3) is 62.6. The first kappa shape index (κ1) is 85.1. The van der Waals surface area contributed by atoms with E-state index in [9.17, 15) is 43.2 Å². The van der Waals surface area contributed by atoms with Crippen molar-refractivity contribution in [1.82, 2.24) is 0 Å². The van der Waals surface area contributed by atoms with E-state index in [1.54, 1.807) is 0 Å². The fourth-order valence-corrected chi connectivity index (χ4v) is 11.9. The number of aliphatic hydroxyl groups excluding tert-OH is 1. The van der Waals surface area contributed by atoms with Crippen LogP contribution in [0.4, 0.5) is 0 Å². The van der Waals surface area contributed by atoms with Crippen LogP contribution in [0.15, 0.2) is 0 Å². The predicted octanol–water partition coefficient (Wildman–Crippen LogP) is 19.5. The van der Waals surface area contributed by atoms with Gasteiger partial charge in [0.1, 0.15) is 19.3 Å². The van der Waals surface area contributed by atoms with Crippen molar-refractivity contribution in [3.63, 3.8) is 0 Å². The van der Waals surface area contributed by atoms with Crippen molar-refractivity contribution in [2.24, 2.45) is 0 Å². The predicted molar refractivity (Wildman–Crippen MR) is 349 cm³/mol. The van der Waals surface area contributed by atoms with Crippen LogP contribution in [0.2, 0.25) is 0 Å². The molecule has 0 aromatic heterocycles. The summed E-state index contributed by atoms with van der Waals surface area (Å²) in [6.07, 6.45) is 50.4. The van der Waals surface area contributed by atoms with Crippen LogP contribution in [-0.4, -0.2) is 96.7 Å². The van der Waals surface area contributed by atoms with Crippen LogP contribution in [0.3, 0.4) is 0 Å². The Morgan fingerprint density at radius 1 is 0.276 bits per heavy atom. The summed E-state index contributed by atoms with van der Waals surface area (Å²) >= 11 is 0. The van der Waals surface area contributed by atoms with Gasteiger partial charge in [-0.25, -0.2) is 9.13 Å². The van der Waals surface area contributed by atoms with E-state index in [4.69, 9.17) is 37.0 Å². The number of phosphoric acid groups is 2.